The number of hydrogen-bond donors (Lipinski definition) is 0. The molecular formula is C26H22F5NO3. The van der Waals surface area contributed by atoms with Crippen molar-refractivity contribution in [2.24, 2.45) is 0 Å². The molecule has 35 heavy (non-hydrogen) atoms. The Morgan fingerprint density at radius 1 is 0.971 bits per heavy atom. The van der Waals surface area contributed by atoms with Crippen molar-refractivity contribution >= 4 is 0 Å². The van der Waals surface area contributed by atoms with E-state index in [0.29, 0.717) is 22.6 Å². The van der Waals surface area contributed by atoms with Gasteiger partial charge >= 0.3 is 6.18 Å². The SMILES string of the molecule is C[C@@H]1Cc2cc3c(cc2[C@@H](c2c(F)cc(OCc4ccccc4)cc2F)N1CC(F)(F)F)OCO3. The highest BCUT2D eigenvalue weighted by Crippen LogP contribution is 2.46. The van der Waals surface area contributed by atoms with Crippen molar-refractivity contribution < 1.29 is 36.2 Å². The Bertz CT molecular complexity index is 1210. The van der Waals surface area contributed by atoms with Crippen LogP contribution < -0.4 is 14.2 Å². The third-order valence-electron chi connectivity index (χ3n) is 6.28. The van der Waals surface area contributed by atoms with Gasteiger partial charge in [-0.05, 0) is 42.2 Å². The number of nitrogens with zero attached hydrogens (tertiary/aromatic N) is 1. The Labute approximate surface area is 198 Å². The van der Waals surface area contributed by atoms with E-state index in [9.17, 15) is 13.2 Å². The predicted molar refractivity (Wildman–Crippen MR) is 117 cm³/mol. The van der Waals surface area contributed by atoms with Gasteiger partial charge < -0.3 is 14.2 Å². The van der Waals surface area contributed by atoms with Crippen LogP contribution in [0, 0.1) is 11.6 Å². The van der Waals surface area contributed by atoms with Gasteiger partial charge in [-0.25, -0.2) is 8.78 Å². The summed E-state index contributed by atoms with van der Waals surface area (Å²) in [6, 6.07) is 12.3. The Balaban J connectivity index is 1.56. The number of ether oxygens (including phenoxy) is 3. The summed E-state index contributed by atoms with van der Waals surface area (Å²) in [6.07, 6.45) is -4.30. The zero-order valence-electron chi connectivity index (χ0n) is 18.7. The fourth-order valence-electron chi connectivity index (χ4n) is 4.72. The molecule has 0 saturated heterocycles. The number of halogens is 5. The van der Waals surface area contributed by atoms with Crippen LogP contribution in [-0.4, -0.2) is 30.5 Å². The number of rotatable bonds is 5. The normalized spacial score (nSPS) is 19.5. The number of hydrogen-bond acceptors (Lipinski definition) is 4. The molecule has 3 aromatic carbocycles. The van der Waals surface area contributed by atoms with Crippen LogP contribution in [0.3, 0.4) is 0 Å². The molecule has 0 N–H and O–H groups in total. The first-order chi connectivity index (χ1) is 16.7. The second-order valence-electron chi connectivity index (χ2n) is 8.72. The first-order valence-corrected chi connectivity index (χ1v) is 11.1. The standard InChI is InChI=1S/C26H22F5NO3/c1-15-7-17-8-22-23(35-14-34-22)11-19(17)25(32(15)13-26(29,30)31)24-20(27)9-18(10-21(24)28)33-12-16-5-3-2-4-6-16/h2-6,8-11,15,25H,7,12-14H2,1H3/t15-,25+/m1/s1. The van der Waals surface area contributed by atoms with E-state index in [4.69, 9.17) is 14.2 Å². The van der Waals surface area contributed by atoms with Crippen molar-refractivity contribution in [3.63, 3.8) is 0 Å². The molecule has 0 spiro atoms. The van der Waals surface area contributed by atoms with Crippen LogP contribution in [0.25, 0.3) is 0 Å². The van der Waals surface area contributed by atoms with Crippen molar-refractivity contribution in [2.75, 3.05) is 13.3 Å². The third-order valence-corrected chi connectivity index (χ3v) is 6.28. The Morgan fingerprint density at radius 3 is 2.29 bits per heavy atom. The molecule has 3 aromatic rings. The molecule has 9 heteroatoms. The summed E-state index contributed by atoms with van der Waals surface area (Å²) in [7, 11) is 0. The highest BCUT2D eigenvalue weighted by atomic mass is 19.4. The van der Waals surface area contributed by atoms with Crippen molar-refractivity contribution in [1.82, 2.24) is 4.90 Å². The van der Waals surface area contributed by atoms with Crippen LogP contribution in [0.5, 0.6) is 17.2 Å². The quantitative estimate of drug-likeness (QED) is 0.400. The van der Waals surface area contributed by atoms with Crippen molar-refractivity contribution in [3.8, 4) is 17.2 Å². The van der Waals surface area contributed by atoms with Gasteiger partial charge in [-0.3, -0.25) is 4.90 Å². The maximum Gasteiger partial charge on any atom is 0.401 e. The number of benzene rings is 3. The lowest BCUT2D eigenvalue weighted by atomic mass is 9.84. The zero-order chi connectivity index (χ0) is 24.7. The van der Waals surface area contributed by atoms with Crippen LogP contribution in [-0.2, 0) is 13.0 Å². The van der Waals surface area contributed by atoms with E-state index < -0.39 is 42.0 Å². The van der Waals surface area contributed by atoms with Gasteiger partial charge in [-0.15, -0.1) is 0 Å². The van der Waals surface area contributed by atoms with E-state index in [-0.39, 0.29) is 25.6 Å². The fourth-order valence-corrected chi connectivity index (χ4v) is 4.72. The van der Waals surface area contributed by atoms with Gasteiger partial charge in [0, 0.05) is 23.7 Å². The van der Waals surface area contributed by atoms with E-state index >= 15 is 8.78 Å². The molecule has 0 aliphatic carbocycles. The van der Waals surface area contributed by atoms with Crippen LogP contribution in [0.4, 0.5) is 22.0 Å². The van der Waals surface area contributed by atoms with E-state index in [1.165, 1.54) is 6.07 Å². The molecule has 5 rings (SSSR count). The number of alkyl halides is 3. The van der Waals surface area contributed by atoms with Gasteiger partial charge in [-0.2, -0.15) is 13.2 Å². The van der Waals surface area contributed by atoms with Gasteiger partial charge in [0.15, 0.2) is 11.5 Å². The summed E-state index contributed by atoms with van der Waals surface area (Å²) >= 11 is 0. The molecule has 0 bridgehead atoms. The Hall–Kier alpha value is -3.33. The van der Waals surface area contributed by atoms with Crippen molar-refractivity contribution in [1.29, 1.82) is 0 Å². The largest absolute Gasteiger partial charge is 0.489 e. The van der Waals surface area contributed by atoms with Crippen molar-refractivity contribution in [3.05, 3.63) is 88.5 Å². The molecule has 0 aromatic heterocycles. The third kappa shape index (κ3) is 4.77. The molecule has 2 aliphatic heterocycles. The lowest BCUT2D eigenvalue weighted by molar-refractivity contribution is -0.155. The Morgan fingerprint density at radius 2 is 1.63 bits per heavy atom. The van der Waals surface area contributed by atoms with E-state index in [0.717, 1.165) is 22.6 Å². The molecular weight excluding hydrogens is 469 g/mol. The van der Waals surface area contributed by atoms with Crippen LogP contribution >= 0.6 is 0 Å². The van der Waals surface area contributed by atoms with E-state index in [1.54, 1.807) is 25.1 Å². The Kier molecular flexibility index (Phi) is 6.04. The molecule has 0 unspecified atom stereocenters. The summed E-state index contributed by atoms with van der Waals surface area (Å²) in [5, 5.41) is 0. The summed E-state index contributed by atoms with van der Waals surface area (Å²) in [5.74, 6) is -1.22. The van der Waals surface area contributed by atoms with Gasteiger partial charge in [-0.1, -0.05) is 30.3 Å². The van der Waals surface area contributed by atoms with Gasteiger partial charge in [0.1, 0.15) is 24.0 Å². The molecule has 2 heterocycles. The van der Waals surface area contributed by atoms with Gasteiger partial charge in [0.2, 0.25) is 6.79 Å². The molecule has 0 saturated carbocycles. The van der Waals surface area contributed by atoms with Gasteiger partial charge in [0.25, 0.3) is 0 Å². The molecule has 0 radical (unpaired) electrons. The van der Waals surface area contributed by atoms with Crippen LogP contribution in [0.2, 0.25) is 0 Å². The maximum atomic E-state index is 15.4. The number of fused-ring (bicyclic) bond motifs is 2. The molecule has 2 aliphatic rings. The van der Waals surface area contributed by atoms with Crippen LogP contribution in [0.1, 0.15) is 35.2 Å². The molecule has 184 valence electrons. The predicted octanol–water partition coefficient (Wildman–Crippen LogP) is 6.17. The van der Waals surface area contributed by atoms with Crippen LogP contribution in [0.15, 0.2) is 54.6 Å². The fraction of sp³-hybridized carbons (Fsp3) is 0.308. The second-order valence-corrected chi connectivity index (χ2v) is 8.72. The summed E-state index contributed by atoms with van der Waals surface area (Å²) in [4.78, 5) is 1.08. The molecule has 4 nitrogen and oxygen atoms in total. The zero-order valence-corrected chi connectivity index (χ0v) is 18.7. The van der Waals surface area contributed by atoms with Gasteiger partial charge in [0.05, 0.1) is 12.6 Å². The first-order valence-electron chi connectivity index (χ1n) is 11.1. The average molecular weight is 491 g/mol. The summed E-state index contributed by atoms with van der Waals surface area (Å²) < 4.78 is 87.8. The lowest BCUT2D eigenvalue weighted by Crippen LogP contribution is -2.47. The summed E-state index contributed by atoms with van der Waals surface area (Å²) in [5.41, 5.74) is 1.36. The van der Waals surface area contributed by atoms with E-state index in [1.807, 2.05) is 18.2 Å². The maximum absolute atomic E-state index is 15.4. The minimum Gasteiger partial charge on any atom is -0.489 e. The smallest absolute Gasteiger partial charge is 0.401 e. The minimum atomic E-state index is -4.56. The highest BCUT2D eigenvalue weighted by Gasteiger charge is 2.43. The topological polar surface area (TPSA) is 30.9 Å². The highest BCUT2D eigenvalue weighted by molar-refractivity contribution is 5.53. The first kappa shape index (κ1) is 23.4. The lowest BCUT2D eigenvalue weighted by Gasteiger charge is -2.42. The minimum absolute atomic E-state index is 0.0269. The molecule has 0 amide bonds. The van der Waals surface area contributed by atoms with E-state index in [2.05, 4.69) is 0 Å². The monoisotopic (exact) mass is 491 g/mol. The summed E-state index contributed by atoms with van der Waals surface area (Å²) in [6.45, 7) is 0.351. The molecule has 2 atom stereocenters. The average Bonchev–Trinajstić information content (AvgIpc) is 3.25. The second kappa shape index (κ2) is 9.03. The molecule has 0 fully saturated rings. The van der Waals surface area contributed by atoms with Crippen molar-refractivity contribution in [2.45, 2.75) is 38.2 Å².